The van der Waals surface area contributed by atoms with Crippen molar-refractivity contribution in [3.05, 3.63) is 35.0 Å². The molecule has 1 atom stereocenters. The summed E-state index contributed by atoms with van der Waals surface area (Å²) in [6.45, 7) is 2.23. The van der Waals surface area contributed by atoms with Crippen molar-refractivity contribution < 1.29 is 9.90 Å². The highest BCUT2D eigenvalue weighted by Gasteiger charge is 2.26. The van der Waals surface area contributed by atoms with Crippen molar-refractivity contribution in [2.45, 2.75) is 58.3 Å². The van der Waals surface area contributed by atoms with Gasteiger partial charge in [-0.1, -0.05) is 32.3 Å². The van der Waals surface area contributed by atoms with Crippen LogP contribution < -0.4 is 0 Å². The summed E-state index contributed by atoms with van der Waals surface area (Å²) < 4.78 is 0. The third kappa shape index (κ3) is 3.03. The first-order valence-corrected chi connectivity index (χ1v) is 8.54. The molecule has 1 aliphatic carbocycles. The van der Waals surface area contributed by atoms with E-state index in [9.17, 15) is 9.90 Å². The molecule has 22 heavy (non-hydrogen) atoms. The van der Waals surface area contributed by atoms with E-state index in [-0.39, 0.29) is 5.92 Å². The Bertz CT molecular complexity index is 671. The predicted molar refractivity (Wildman–Crippen MR) is 89.3 cm³/mol. The number of aliphatic carboxylic acids is 1. The Hall–Kier alpha value is -1.77. The minimum absolute atomic E-state index is 0.222. The fourth-order valence-electron chi connectivity index (χ4n) is 3.59. The molecule has 0 saturated heterocycles. The molecule has 0 bridgehead atoms. The van der Waals surface area contributed by atoms with Crippen molar-refractivity contribution >= 4 is 16.9 Å². The quantitative estimate of drug-likeness (QED) is 0.773. The molecule has 2 N–H and O–H groups in total. The SMILES string of the molecule is CCCCCCc1ccc2[nH]c3c(c2c1)CC(C(=O)O)CC3. The second-order valence-electron chi connectivity index (χ2n) is 6.55. The first-order chi connectivity index (χ1) is 10.7. The van der Waals surface area contributed by atoms with Crippen molar-refractivity contribution in [2.75, 3.05) is 0 Å². The van der Waals surface area contributed by atoms with Gasteiger partial charge in [0.05, 0.1) is 5.92 Å². The molecule has 1 aliphatic rings. The van der Waals surface area contributed by atoms with Crippen LogP contribution in [-0.2, 0) is 24.1 Å². The van der Waals surface area contributed by atoms with E-state index in [0.29, 0.717) is 6.42 Å². The minimum atomic E-state index is -0.657. The smallest absolute Gasteiger partial charge is 0.306 e. The summed E-state index contributed by atoms with van der Waals surface area (Å²) in [6, 6.07) is 6.66. The summed E-state index contributed by atoms with van der Waals surface area (Å²) >= 11 is 0. The van der Waals surface area contributed by atoms with Crippen LogP contribution in [0.25, 0.3) is 10.9 Å². The zero-order valence-electron chi connectivity index (χ0n) is 13.3. The Morgan fingerprint density at radius 3 is 2.95 bits per heavy atom. The van der Waals surface area contributed by atoms with Crippen molar-refractivity contribution in [2.24, 2.45) is 5.92 Å². The monoisotopic (exact) mass is 299 g/mol. The van der Waals surface area contributed by atoms with Crippen molar-refractivity contribution in [3.8, 4) is 0 Å². The summed E-state index contributed by atoms with van der Waals surface area (Å²) in [7, 11) is 0. The van der Waals surface area contributed by atoms with Crippen LogP contribution in [0.4, 0.5) is 0 Å². The molecule has 0 fully saturated rings. The van der Waals surface area contributed by atoms with Crippen molar-refractivity contribution in [1.29, 1.82) is 0 Å². The van der Waals surface area contributed by atoms with Crippen LogP contribution in [0.3, 0.4) is 0 Å². The highest BCUT2D eigenvalue weighted by atomic mass is 16.4. The third-order valence-electron chi connectivity index (χ3n) is 4.92. The van der Waals surface area contributed by atoms with Gasteiger partial charge in [-0.25, -0.2) is 0 Å². The van der Waals surface area contributed by atoms with Crippen LogP contribution >= 0.6 is 0 Å². The maximum atomic E-state index is 11.3. The first kappa shape index (κ1) is 15.1. The fourth-order valence-corrected chi connectivity index (χ4v) is 3.59. The Balaban J connectivity index is 1.82. The van der Waals surface area contributed by atoms with Gasteiger partial charge < -0.3 is 10.1 Å². The summed E-state index contributed by atoms with van der Waals surface area (Å²) in [6.07, 6.45) is 8.50. The number of benzene rings is 1. The molecule has 3 heteroatoms. The van der Waals surface area contributed by atoms with Gasteiger partial charge in [0.1, 0.15) is 0 Å². The zero-order chi connectivity index (χ0) is 15.5. The molecular formula is C19H25NO2. The lowest BCUT2D eigenvalue weighted by molar-refractivity contribution is -0.142. The van der Waals surface area contributed by atoms with Gasteiger partial charge in [0.15, 0.2) is 0 Å². The van der Waals surface area contributed by atoms with E-state index in [1.165, 1.54) is 47.9 Å². The summed E-state index contributed by atoms with van der Waals surface area (Å²) in [4.78, 5) is 14.8. The Morgan fingerprint density at radius 2 is 2.18 bits per heavy atom. The van der Waals surface area contributed by atoms with Gasteiger partial charge in [0, 0.05) is 16.6 Å². The lowest BCUT2D eigenvalue weighted by Crippen LogP contribution is -2.21. The van der Waals surface area contributed by atoms with Crippen LogP contribution in [0.2, 0.25) is 0 Å². The number of unbranched alkanes of at least 4 members (excludes halogenated alkanes) is 3. The number of carboxylic acid groups (broad SMARTS) is 1. The van der Waals surface area contributed by atoms with Gasteiger partial charge in [-0.2, -0.15) is 0 Å². The number of carboxylic acids is 1. The molecule has 1 heterocycles. The molecule has 2 aromatic rings. The van der Waals surface area contributed by atoms with Crippen LogP contribution in [-0.4, -0.2) is 16.1 Å². The van der Waals surface area contributed by atoms with E-state index in [2.05, 4.69) is 30.1 Å². The van der Waals surface area contributed by atoms with Gasteiger partial charge in [0.2, 0.25) is 0 Å². The molecule has 1 aromatic heterocycles. The lowest BCUT2D eigenvalue weighted by Gasteiger charge is -2.18. The van der Waals surface area contributed by atoms with E-state index >= 15 is 0 Å². The topological polar surface area (TPSA) is 53.1 Å². The molecule has 0 saturated carbocycles. The zero-order valence-corrected chi connectivity index (χ0v) is 13.3. The van der Waals surface area contributed by atoms with Crippen LogP contribution in [0.15, 0.2) is 18.2 Å². The van der Waals surface area contributed by atoms with E-state index < -0.39 is 5.97 Å². The van der Waals surface area contributed by atoms with Crippen LogP contribution in [0.1, 0.15) is 55.8 Å². The Kier molecular flexibility index (Phi) is 4.51. The molecule has 0 aliphatic heterocycles. The highest BCUT2D eigenvalue weighted by Crippen LogP contribution is 2.32. The van der Waals surface area contributed by atoms with E-state index in [1.807, 2.05) is 0 Å². The molecular weight excluding hydrogens is 274 g/mol. The second kappa shape index (κ2) is 6.55. The molecule has 1 aromatic carbocycles. The molecule has 0 amide bonds. The number of aromatic amines is 1. The van der Waals surface area contributed by atoms with Crippen molar-refractivity contribution in [1.82, 2.24) is 4.98 Å². The van der Waals surface area contributed by atoms with E-state index in [1.54, 1.807) is 0 Å². The molecule has 118 valence electrons. The highest BCUT2D eigenvalue weighted by molar-refractivity contribution is 5.86. The van der Waals surface area contributed by atoms with Crippen LogP contribution in [0.5, 0.6) is 0 Å². The maximum absolute atomic E-state index is 11.3. The Morgan fingerprint density at radius 1 is 1.32 bits per heavy atom. The maximum Gasteiger partial charge on any atom is 0.306 e. The summed E-state index contributed by atoms with van der Waals surface area (Å²) in [5.41, 5.74) is 5.02. The van der Waals surface area contributed by atoms with Gasteiger partial charge in [0.25, 0.3) is 0 Å². The van der Waals surface area contributed by atoms with Crippen molar-refractivity contribution in [3.63, 3.8) is 0 Å². The van der Waals surface area contributed by atoms with Gasteiger partial charge in [-0.3, -0.25) is 4.79 Å². The average molecular weight is 299 g/mol. The number of hydrogen-bond donors (Lipinski definition) is 2. The molecule has 3 rings (SSSR count). The molecule has 1 unspecified atom stereocenters. The molecule has 0 radical (unpaired) electrons. The number of aryl methyl sites for hydroxylation is 2. The normalized spacial score (nSPS) is 17.6. The average Bonchev–Trinajstić information content (AvgIpc) is 2.88. The van der Waals surface area contributed by atoms with Gasteiger partial charge in [-0.05, 0) is 55.4 Å². The number of H-pyrrole nitrogens is 1. The van der Waals surface area contributed by atoms with E-state index in [0.717, 1.165) is 24.8 Å². The second-order valence-corrected chi connectivity index (χ2v) is 6.55. The number of nitrogens with one attached hydrogen (secondary N) is 1. The van der Waals surface area contributed by atoms with Gasteiger partial charge in [-0.15, -0.1) is 0 Å². The fraction of sp³-hybridized carbons (Fsp3) is 0.526. The Labute approximate surface area is 131 Å². The number of carbonyl (C=O) groups is 1. The largest absolute Gasteiger partial charge is 0.481 e. The molecule has 0 spiro atoms. The first-order valence-electron chi connectivity index (χ1n) is 8.54. The molecule has 3 nitrogen and oxygen atoms in total. The summed E-state index contributed by atoms with van der Waals surface area (Å²) in [5, 5.41) is 10.5. The summed E-state index contributed by atoms with van der Waals surface area (Å²) in [5.74, 6) is -0.879. The van der Waals surface area contributed by atoms with Gasteiger partial charge >= 0.3 is 5.97 Å². The predicted octanol–water partition coefficient (Wildman–Crippen LogP) is 4.48. The lowest BCUT2D eigenvalue weighted by atomic mass is 9.86. The van der Waals surface area contributed by atoms with Crippen LogP contribution in [0, 0.1) is 5.92 Å². The number of rotatable bonds is 6. The minimum Gasteiger partial charge on any atom is -0.481 e. The number of hydrogen-bond acceptors (Lipinski definition) is 1. The van der Waals surface area contributed by atoms with E-state index in [4.69, 9.17) is 0 Å². The number of aromatic nitrogens is 1. The standard InChI is InChI=1S/C19H25NO2/c1-2-3-4-5-6-13-7-9-17-15(11-13)16-12-14(19(21)22)8-10-18(16)20-17/h7,9,11,14,20H,2-6,8,10,12H2,1H3,(H,21,22). The third-order valence-corrected chi connectivity index (χ3v) is 4.92. The number of fused-ring (bicyclic) bond motifs is 3.